The molecule has 0 bridgehead atoms. The highest BCUT2D eigenvalue weighted by Crippen LogP contribution is 2.38. The van der Waals surface area contributed by atoms with Gasteiger partial charge >= 0.3 is 5.97 Å². The zero-order valence-corrected chi connectivity index (χ0v) is 18.6. The number of nitrogens with one attached hydrogen (secondary N) is 1. The van der Waals surface area contributed by atoms with E-state index < -0.39 is 23.7 Å². The maximum absolute atomic E-state index is 13.5. The van der Waals surface area contributed by atoms with Gasteiger partial charge in [-0.2, -0.15) is 10.1 Å². The summed E-state index contributed by atoms with van der Waals surface area (Å²) < 4.78 is 20.5. The second kappa shape index (κ2) is 9.23. The summed E-state index contributed by atoms with van der Waals surface area (Å²) in [7, 11) is 0. The van der Waals surface area contributed by atoms with E-state index >= 15 is 0 Å². The van der Waals surface area contributed by atoms with E-state index in [-0.39, 0.29) is 13.2 Å². The Bertz CT molecular complexity index is 1220. The normalized spacial score (nSPS) is 15.3. The lowest BCUT2D eigenvalue weighted by Gasteiger charge is -2.35. The van der Waals surface area contributed by atoms with Crippen LogP contribution in [0.25, 0.3) is 0 Å². The van der Waals surface area contributed by atoms with Gasteiger partial charge in [0.2, 0.25) is 11.9 Å². The van der Waals surface area contributed by atoms with E-state index in [1.165, 1.54) is 24.5 Å². The number of rotatable bonds is 6. The number of aryl methyl sites for hydroxylation is 1. The first kappa shape index (κ1) is 22.2. The van der Waals surface area contributed by atoms with E-state index in [9.17, 15) is 14.0 Å². The Kier molecular flexibility index (Phi) is 6.21. The summed E-state index contributed by atoms with van der Waals surface area (Å²) in [6.07, 6.45) is 1.38. The molecule has 0 aliphatic carbocycles. The molecule has 0 fully saturated rings. The number of fused-ring (bicyclic) bond motifs is 1. The minimum atomic E-state index is -0.551. The molecule has 1 aromatic heterocycles. The van der Waals surface area contributed by atoms with Crippen molar-refractivity contribution >= 4 is 23.5 Å². The van der Waals surface area contributed by atoms with Crippen LogP contribution >= 0.6 is 0 Å². The molecule has 0 spiro atoms. The number of benzene rings is 2. The van der Waals surface area contributed by atoms with Crippen molar-refractivity contribution in [2.75, 3.05) is 23.4 Å². The molecule has 8 nitrogen and oxygen atoms in total. The van der Waals surface area contributed by atoms with Crippen molar-refractivity contribution in [2.24, 2.45) is 0 Å². The Morgan fingerprint density at radius 3 is 2.61 bits per heavy atom. The van der Waals surface area contributed by atoms with Crippen molar-refractivity contribution in [3.63, 3.8) is 0 Å². The molecule has 1 amide bonds. The molecule has 2 heterocycles. The average Bonchev–Trinajstić information content (AvgIpc) is 3.25. The number of aromatic nitrogens is 3. The van der Waals surface area contributed by atoms with Crippen LogP contribution in [-0.2, 0) is 14.3 Å². The van der Waals surface area contributed by atoms with Crippen molar-refractivity contribution in [2.45, 2.75) is 26.8 Å². The second-order valence-electron chi connectivity index (χ2n) is 7.68. The van der Waals surface area contributed by atoms with Crippen LogP contribution in [0, 0.1) is 12.7 Å². The van der Waals surface area contributed by atoms with Crippen LogP contribution in [0.2, 0.25) is 0 Å². The van der Waals surface area contributed by atoms with Crippen molar-refractivity contribution in [3.05, 3.63) is 83.1 Å². The number of carbonyl (C=O) groups is 2. The Balaban J connectivity index is 1.73. The number of anilines is 2. The highest BCUT2D eigenvalue weighted by Gasteiger charge is 2.38. The highest BCUT2D eigenvalue weighted by molar-refractivity contribution is 5.96. The molecule has 4 rings (SSSR count). The molecule has 1 atom stereocenters. The van der Waals surface area contributed by atoms with E-state index in [1.807, 2.05) is 31.2 Å². The number of nitrogens with zero attached hydrogens (tertiary/aromatic N) is 4. The quantitative estimate of drug-likeness (QED) is 0.579. The molecule has 1 aliphatic heterocycles. The van der Waals surface area contributed by atoms with Crippen LogP contribution < -0.4 is 10.2 Å². The first-order chi connectivity index (χ1) is 15.9. The minimum Gasteiger partial charge on any atom is -0.463 e. The van der Waals surface area contributed by atoms with Crippen LogP contribution in [-0.4, -0.2) is 39.8 Å². The molecule has 2 aromatic carbocycles. The predicted molar refractivity (Wildman–Crippen MR) is 121 cm³/mol. The molecule has 9 heteroatoms. The maximum Gasteiger partial charge on any atom is 0.338 e. The van der Waals surface area contributed by atoms with Gasteiger partial charge < -0.3 is 15.0 Å². The smallest absolute Gasteiger partial charge is 0.338 e. The lowest BCUT2D eigenvalue weighted by Crippen LogP contribution is -2.40. The first-order valence-electron chi connectivity index (χ1n) is 10.6. The molecule has 1 aliphatic rings. The standard InChI is InChI=1S/C24H24FN5O3/c1-4-33-23(32)21-16(3)29(13-20(31)28-19-7-5-6-18(25)12-19)24-26-14-27-30(24)22(21)17-10-8-15(2)9-11-17/h5-12,14,22H,4,13H2,1-3H3,(H,28,31)/t22-/m0/s1. The van der Waals surface area contributed by atoms with E-state index in [0.29, 0.717) is 22.9 Å². The highest BCUT2D eigenvalue weighted by atomic mass is 19.1. The monoisotopic (exact) mass is 449 g/mol. The van der Waals surface area contributed by atoms with Crippen molar-refractivity contribution in [1.82, 2.24) is 14.8 Å². The van der Waals surface area contributed by atoms with Gasteiger partial charge in [0.05, 0.1) is 12.2 Å². The molecule has 0 saturated heterocycles. The zero-order chi connectivity index (χ0) is 23.5. The molecular weight excluding hydrogens is 425 g/mol. The molecule has 0 radical (unpaired) electrons. The van der Waals surface area contributed by atoms with Gasteiger partial charge in [0.25, 0.3) is 0 Å². The molecular formula is C24H24FN5O3. The number of halogens is 1. The summed E-state index contributed by atoms with van der Waals surface area (Å²) in [5.41, 5.74) is 3.18. The molecule has 1 N–H and O–H groups in total. The van der Waals surface area contributed by atoms with Crippen LogP contribution in [0.5, 0.6) is 0 Å². The Morgan fingerprint density at radius 1 is 1.15 bits per heavy atom. The van der Waals surface area contributed by atoms with Gasteiger partial charge in [-0.05, 0) is 44.5 Å². The molecule has 3 aromatic rings. The van der Waals surface area contributed by atoms with Gasteiger partial charge in [0, 0.05) is 11.4 Å². The second-order valence-corrected chi connectivity index (χ2v) is 7.68. The fourth-order valence-electron chi connectivity index (χ4n) is 3.86. The van der Waals surface area contributed by atoms with Gasteiger partial charge in [-0.25, -0.2) is 13.9 Å². The Hall–Kier alpha value is -4.01. The summed E-state index contributed by atoms with van der Waals surface area (Å²) in [5, 5.41) is 7.03. The summed E-state index contributed by atoms with van der Waals surface area (Å²) in [5.74, 6) is -0.920. The number of carbonyl (C=O) groups excluding carboxylic acids is 2. The number of hydrogen-bond acceptors (Lipinski definition) is 6. The fraction of sp³-hybridized carbons (Fsp3) is 0.250. The molecule has 0 saturated carbocycles. The fourth-order valence-corrected chi connectivity index (χ4v) is 3.86. The van der Waals surface area contributed by atoms with Gasteiger partial charge in [0.15, 0.2) is 0 Å². The maximum atomic E-state index is 13.5. The van der Waals surface area contributed by atoms with E-state index in [2.05, 4.69) is 15.4 Å². The van der Waals surface area contributed by atoms with Gasteiger partial charge in [-0.15, -0.1) is 0 Å². The molecule has 0 unspecified atom stereocenters. The third-order valence-corrected chi connectivity index (χ3v) is 5.41. The minimum absolute atomic E-state index is 0.148. The lowest BCUT2D eigenvalue weighted by molar-refractivity contribution is -0.139. The zero-order valence-electron chi connectivity index (χ0n) is 18.6. The largest absolute Gasteiger partial charge is 0.463 e. The van der Waals surface area contributed by atoms with Gasteiger partial charge in [-0.1, -0.05) is 35.9 Å². The third kappa shape index (κ3) is 4.48. The van der Waals surface area contributed by atoms with Crippen molar-refractivity contribution < 1.29 is 18.7 Å². The third-order valence-electron chi connectivity index (χ3n) is 5.41. The SMILES string of the molecule is CCOC(=O)C1=C(C)N(CC(=O)Nc2cccc(F)c2)c2ncnn2[C@H]1c1ccc(C)cc1. The number of esters is 1. The Morgan fingerprint density at radius 2 is 1.91 bits per heavy atom. The summed E-state index contributed by atoms with van der Waals surface area (Å²) in [6, 6.07) is 12.9. The van der Waals surface area contributed by atoms with Gasteiger partial charge in [-0.3, -0.25) is 4.79 Å². The summed E-state index contributed by atoms with van der Waals surface area (Å²) in [4.78, 5) is 31.8. The van der Waals surface area contributed by atoms with Crippen LogP contribution in [0.1, 0.15) is 31.0 Å². The average molecular weight is 449 g/mol. The van der Waals surface area contributed by atoms with Gasteiger partial charge in [0.1, 0.15) is 24.7 Å². The lowest BCUT2D eigenvalue weighted by atomic mass is 9.94. The van der Waals surface area contributed by atoms with E-state index in [0.717, 1.165) is 11.1 Å². The van der Waals surface area contributed by atoms with Crippen LogP contribution in [0.15, 0.2) is 66.1 Å². The number of amides is 1. The van der Waals surface area contributed by atoms with E-state index in [1.54, 1.807) is 29.5 Å². The topological polar surface area (TPSA) is 89.3 Å². The molecule has 170 valence electrons. The molecule has 33 heavy (non-hydrogen) atoms. The van der Waals surface area contributed by atoms with Crippen LogP contribution in [0.3, 0.4) is 0 Å². The summed E-state index contributed by atoms with van der Waals surface area (Å²) >= 11 is 0. The van der Waals surface area contributed by atoms with Crippen molar-refractivity contribution in [3.8, 4) is 0 Å². The number of allylic oxidation sites excluding steroid dienone is 1. The number of hydrogen-bond donors (Lipinski definition) is 1. The first-order valence-corrected chi connectivity index (χ1v) is 10.6. The van der Waals surface area contributed by atoms with E-state index in [4.69, 9.17) is 4.74 Å². The number of ether oxygens (including phenoxy) is 1. The Labute approximate surface area is 190 Å². The summed E-state index contributed by atoms with van der Waals surface area (Å²) in [6.45, 7) is 5.53. The van der Waals surface area contributed by atoms with Crippen LogP contribution in [0.4, 0.5) is 16.0 Å². The van der Waals surface area contributed by atoms with Crippen molar-refractivity contribution in [1.29, 1.82) is 0 Å². The predicted octanol–water partition coefficient (Wildman–Crippen LogP) is 3.61.